The van der Waals surface area contributed by atoms with Crippen LogP contribution in [0.4, 0.5) is 23.8 Å². The zero-order valence-corrected chi connectivity index (χ0v) is 17.2. The molecule has 2 aliphatic rings. The Balaban J connectivity index is 1.71. The van der Waals surface area contributed by atoms with E-state index in [0.717, 1.165) is 48.3 Å². The molecule has 0 spiro atoms. The first-order valence-corrected chi connectivity index (χ1v) is 10.4. The summed E-state index contributed by atoms with van der Waals surface area (Å²) in [5, 5.41) is 12.1. The Morgan fingerprint density at radius 2 is 2.00 bits per heavy atom. The van der Waals surface area contributed by atoms with Gasteiger partial charge in [0.25, 0.3) is 0 Å². The Hall–Kier alpha value is -3.60. The summed E-state index contributed by atoms with van der Waals surface area (Å²) in [4.78, 5) is 30.0. The average Bonchev–Trinajstić information content (AvgIpc) is 3.19. The molecule has 2 atom stereocenters. The highest BCUT2D eigenvalue weighted by Gasteiger charge is 2.36. The van der Waals surface area contributed by atoms with Crippen LogP contribution in [-0.2, 0) is 0 Å². The number of nitrogens with one attached hydrogen (secondary N) is 1. The highest BCUT2D eigenvalue weighted by molar-refractivity contribution is 5.81. The Labute approximate surface area is 185 Å². The second kappa shape index (κ2) is 8.07. The monoisotopic (exact) mass is 460 g/mol. The van der Waals surface area contributed by atoms with Gasteiger partial charge in [-0.3, -0.25) is 9.36 Å². The maximum absolute atomic E-state index is 15.1. The summed E-state index contributed by atoms with van der Waals surface area (Å²) in [6.07, 6.45) is 1.22. The summed E-state index contributed by atoms with van der Waals surface area (Å²) in [6.45, 7) is 1.98. The lowest BCUT2D eigenvalue weighted by Gasteiger charge is -2.24. The predicted octanol–water partition coefficient (Wildman–Crippen LogP) is 3.05. The number of benzene rings is 1. The van der Waals surface area contributed by atoms with Crippen molar-refractivity contribution in [1.82, 2.24) is 14.9 Å². The Bertz CT molecular complexity index is 1320. The van der Waals surface area contributed by atoms with Crippen LogP contribution in [0.15, 0.2) is 35.3 Å². The normalized spacial score (nSPS) is 20.2. The van der Waals surface area contributed by atoms with Gasteiger partial charge in [-0.15, -0.1) is 0 Å². The van der Waals surface area contributed by atoms with Gasteiger partial charge < -0.3 is 20.1 Å². The molecule has 8 nitrogen and oxygen atoms in total. The third-order valence-electron chi connectivity index (χ3n) is 6.15. The molecule has 5 rings (SSSR count). The van der Waals surface area contributed by atoms with Crippen molar-refractivity contribution < 1.29 is 27.8 Å². The second-order valence-corrected chi connectivity index (χ2v) is 8.19. The van der Waals surface area contributed by atoms with Gasteiger partial charge in [0.05, 0.1) is 17.3 Å². The molecule has 0 amide bonds. The minimum absolute atomic E-state index is 0.00118. The van der Waals surface area contributed by atoms with Crippen molar-refractivity contribution in [3.63, 3.8) is 0 Å². The number of fused-ring (bicyclic) bond motifs is 2. The van der Waals surface area contributed by atoms with Crippen molar-refractivity contribution in [3.05, 3.63) is 58.1 Å². The number of carboxylic acid groups (broad SMARTS) is 1. The number of anilines is 1. The maximum atomic E-state index is 15.1. The molecule has 11 heteroatoms. The number of rotatable bonds is 3. The average molecular weight is 460 g/mol. The minimum Gasteiger partial charge on any atom is -0.449 e. The molecule has 2 aromatic heterocycles. The summed E-state index contributed by atoms with van der Waals surface area (Å²) in [5.74, 6) is -2.90. The van der Waals surface area contributed by atoms with Crippen LogP contribution in [0.25, 0.3) is 16.7 Å². The van der Waals surface area contributed by atoms with Crippen LogP contribution < -0.4 is 20.4 Å². The topological polar surface area (TPSA) is 96.7 Å². The van der Waals surface area contributed by atoms with E-state index in [4.69, 9.17) is 5.11 Å². The third kappa shape index (κ3) is 3.78. The number of hydrogen-bond acceptors (Lipinski definition) is 6. The summed E-state index contributed by atoms with van der Waals surface area (Å²) in [6, 6.07) is 3.89. The van der Waals surface area contributed by atoms with Crippen LogP contribution in [-0.4, -0.2) is 46.5 Å². The predicted molar refractivity (Wildman–Crippen MR) is 113 cm³/mol. The number of ether oxygens (including phenoxy) is 1. The molecule has 2 saturated heterocycles. The Morgan fingerprint density at radius 3 is 2.73 bits per heavy atom. The first-order valence-electron chi connectivity index (χ1n) is 10.4. The minimum atomic E-state index is -1.77. The van der Waals surface area contributed by atoms with Gasteiger partial charge in [-0.25, -0.2) is 22.9 Å². The van der Waals surface area contributed by atoms with E-state index < -0.39 is 34.8 Å². The van der Waals surface area contributed by atoms with Crippen molar-refractivity contribution >= 4 is 23.0 Å². The highest BCUT2D eigenvalue weighted by Crippen LogP contribution is 2.32. The lowest BCUT2D eigenvalue weighted by molar-refractivity contribution is 0.144. The van der Waals surface area contributed by atoms with Crippen LogP contribution >= 0.6 is 0 Å². The highest BCUT2D eigenvalue weighted by atomic mass is 19.1. The summed E-state index contributed by atoms with van der Waals surface area (Å²) in [7, 11) is 0. The largest absolute Gasteiger partial charge is 0.511 e. The first-order chi connectivity index (χ1) is 15.8. The van der Waals surface area contributed by atoms with E-state index in [1.165, 1.54) is 0 Å². The molecular formula is C22H19F3N4O4. The quantitative estimate of drug-likeness (QED) is 0.580. The van der Waals surface area contributed by atoms with E-state index in [0.29, 0.717) is 25.1 Å². The zero-order chi connectivity index (χ0) is 23.3. The molecule has 3 aromatic rings. The maximum Gasteiger partial charge on any atom is 0.511 e. The lowest BCUT2D eigenvalue weighted by Crippen LogP contribution is -2.40. The molecule has 0 radical (unpaired) electrons. The molecule has 4 heterocycles. The van der Waals surface area contributed by atoms with Crippen LogP contribution in [0.1, 0.15) is 12.8 Å². The van der Waals surface area contributed by atoms with E-state index in [2.05, 4.69) is 15.0 Å². The first kappa shape index (κ1) is 21.3. The van der Waals surface area contributed by atoms with E-state index in [-0.39, 0.29) is 28.6 Å². The molecular weight excluding hydrogens is 441 g/mol. The third-order valence-corrected chi connectivity index (χ3v) is 6.15. The Morgan fingerprint density at radius 1 is 1.18 bits per heavy atom. The van der Waals surface area contributed by atoms with E-state index in [9.17, 15) is 18.4 Å². The number of piperidine rings is 1. The van der Waals surface area contributed by atoms with Crippen LogP contribution in [0, 0.1) is 23.4 Å². The molecule has 1 aromatic carbocycles. The number of carbonyl (C=O) groups is 1. The lowest BCUT2D eigenvalue weighted by atomic mass is 9.94. The molecule has 2 fully saturated rings. The fourth-order valence-corrected chi connectivity index (χ4v) is 4.66. The molecule has 0 aliphatic carbocycles. The van der Waals surface area contributed by atoms with Gasteiger partial charge in [0, 0.05) is 25.2 Å². The van der Waals surface area contributed by atoms with E-state index in [1.54, 1.807) is 4.90 Å². The Kier molecular flexibility index (Phi) is 5.20. The van der Waals surface area contributed by atoms with Crippen molar-refractivity contribution in [2.75, 3.05) is 24.5 Å². The van der Waals surface area contributed by atoms with Crippen molar-refractivity contribution in [2.45, 2.75) is 18.9 Å². The van der Waals surface area contributed by atoms with E-state index in [1.807, 2.05) is 0 Å². The summed E-state index contributed by atoms with van der Waals surface area (Å²) >= 11 is 0. The smallest absolute Gasteiger partial charge is 0.449 e. The van der Waals surface area contributed by atoms with E-state index >= 15 is 4.39 Å². The fourth-order valence-electron chi connectivity index (χ4n) is 4.66. The van der Waals surface area contributed by atoms with Crippen LogP contribution in [0.2, 0.25) is 0 Å². The van der Waals surface area contributed by atoms with Crippen molar-refractivity contribution in [2.24, 2.45) is 5.92 Å². The number of hydrogen-bond donors (Lipinski definition) is 2. The second-order valence-electron chi connectivity index (χ2n) is 8.19. The van der Waals surface area contributed by atoms with Gasteiger partial charge in [0.2, 0.25) is 5.43 Å². The molecule has 0 saturated carbocycles. The molecule has 2 aliphatic heterocycles. The fraction of sp³-hybridized carbons (Fsp3) is 0.318. The van der Waals surface area contributed by atoms with Gasteiger partial charge >= 0.3 is 6.16 Å². The molecule has 2 N–H and O–H groups in total. The van der Waals surface area contributed by atoms with Gasteiger partial charge in [0.1, 0.15) is 11.6 Å². The molecule has 172 valence electrons. The summed E-state index contributed by atoms with van der Waals surface area (Å²) < 4.78 is 48.8. The van der Waals surface area contributed by atoms with Crippen molar-refractivity contribution in [1.29, 1.82) is 0 Å². The number of pyridine rings is 2. The molecule has 33 heavy (non-hydrogen) atoms. The SMILES string of the molecule is O=C(O)Oc1cn(-c2ccc(F)cc2F)c2nc(N3C[C@@H]4CCCN[C@@H]4C3)c(F)cc2c1=O. The number of nitrogens with zero attached hydrogens (tertiary/aromatic N) is 3. The van der Waals surface area contributed by atoms with Crippen LogP contribution in [0.3, 0.4) is 0 Å². The molecule has 0 bridgehead atoms. The van der Waals surface area contributed by atoms with Gasteiger partial charge in [-0.2, -0.15) is 0 Å². The van der Waals surface area contributed by atoms with Crippen molar-refractivity contribution in [3.8, 4) is 11.4 Å². The standard InChI is InChI=1S/C22H19F3N4O4/c23-12-3-4-17(14(24)6-12)29-10-18(33-22(31)32)19(30)13-7-15(25)21(27-20(13)29)28-8-11-2-1-5-26-16(11)9-28/h3-4,6-7,10-11,16,26H,1-2,5,8-9H2,(H,31,32)/t11-,16+/m0/s1. The van der Waals surface area contributed by atoms with Gasteiger partial charge in [-0.1, -0.05) is 0 Å². The number of aromatic nitrogens is 2. The zero-order valence-electron chi connectivity index (χ0n) is 17.2. The number of halogens is 3. The van der Waals surface area contributed by atoms with Crippen LogP contribution in [0.5, 0.6) is 5.75 Å². The molecule has 0 unspecified atom stereocenters. The van der Waals surface area contributed by atoms with Gasteiger partial charge in [0.15, 0.2) is 23.0 Å². The van der Waals surface area contributed by atoms with Gasteiger partial charge in [-0.05, 0) is 43.5 Å². The summed E-state index contributed by atoms with van der Waals surface area (Å²) in [5.41, 5.74) is -1.23.